The number of carbonyl (C=O) groups excluding carboxylic acids is 4. The predicted molar refractivity (Wildman–Crippen MR) is 73.8 cm³/mol. The van der Waals surface area contributed by atoms with Gasteiger partial charge in [0.15, 0.2) is 0 Å². The number of methoxy groups -OCH3 is 1. The van der Waals surface area contributed by atoms with E-state index in [-0.39, 0.29) is 30.6 Å². The summed E-state index contributed by atoms with van der Waals surface area (Å²) in [6.07, 6.45) is 0.0455. The van der Waals surface area contributed by atoms with Crippen LogP contribution in [-0.2, 0) is 20.9 Å². The van der Waals surface area contributed by atoms with Crippen LogP contribution in [0.25, 0.3) is 0 Å². The molecule has 0 aliphatic carbocycles. The van der Waals surface area contributed by atoms with Crippen molar-refractivity contribution >= 4 is 23.6 Å². The first-order chi connectivity index (χ1) is 10.9. The highest BCUT2D eigenvalue weighted by Crippen LogP contribution is 2.30. The maximum Gasteiger partial charge on any atom is 0.265 e. The zero-order chi connectivity index (χ0) is 16.7. The first kappa shape index (κ1) is 15.3. The van der Waals surface area contributed by atoms with Gasteiger partial charge in [-0.1, -0.05) is 0 Å². The SMILES string of the molecule is COCc1cc(F)c2c(c1)C(=O)N(C1CCC(=O)NC1=O)C2=O. The van der Waals surface area contributed by atoms with E-state index in [1.54, 1.807) is 0 Å². The number of fused-ring (bicyclic) bond motifs is 1. The number of rotatable bonds is 3. The molecule has 4 amide bonds. The van der Waals surface area contributed by atoms with Crippen LogP contribution < -0.4 is 5.32 Å². The molecule has 2 aliphatic heterocycles. The van der Waals surface area contributed by atoms with Crippen molar-refractivity contribution in [2.24, 2.45) is 0 Å². The van der Waals surface area contributed by atoms with E-state index in [1.807, 2.05) is 0 Å². The Hall–Kier alpha value is -2.61. The second kappa shape index (κ2) is 5.54. The highest BCUT2D eigenvalue weighted by Gasteiger charge is 2.46. The molecule has 2 heterocycles. The average molecular weight is 320 g/mol. The number of hydrogen-bond acceptors (Lipinski definition) is 5. The molecule has 1 unspecified atom stereocenters. The lowest BCUT2D eigenvalue weighted by atomic mass is 10.0. The van der Waals surface area contributed by atoms with E-state index in [4.69, 9.17) is 4.74 Å². The number of amides is 4. The summed E-state index contributed by atoms with van der Waals surface area (Å²) in [6.45, 7) is 0.0874. The molecule has 1 N–H and O–H groups in total. The standard InChI is InChI=1S/C15H13FN2O5/c1-23-6-7-4-8-12(9(16)5-7)15(22)18(14(8)21)10-2-3-11(19)17-13(10)20/h4-5,10H,2-3,6H2,1H3,(H,17,19,20). The van der Waals surface area contributed by atoms with Gasteiger partial charge < -0.3 is 4.74 Å². The number of nitrogens with one attached hydrogen (secondary N) is 1. The van der Waals surface area contributed by atoms with Gasteiger partial charge in [0, 0.05) is 13.5 Å². The summed E-state index contributed by atoms with van der Waals surface area (Å²) in [7, 11) is 1.42. The Labute approximate surface area is 130 Å². The molecule has 0 bridgehead atoms. The Balaban J connectivity index is 1.99. The second-order valence-corrected chi connectivity index (χ2v) is 5.38. The van der Waals surface area contributed by atoms with Crippen LogP contribution >= 0.6 is 0 Å². The molecule has 23 heavy (non-hydrogen) atoms. The number of piperidine rings is 1. The lowest BCUT2D eigenvalue weighted by molar-refractivity contribution is -0.136. The number of nitrogens with zero attached hydrogens (tertiary/aromatic N) is 1. The molecule has 0 spiro atoms. The van der Waals surface area contributed by atoms with Gasteiger partial charge in [0.05, 0.1) is 17.7 Å². The molecule has 0 radical (unpaired) electrons. The molecule has 0 saturated carbocycles. The predicted octanol–water partition coefficient (Wildman–Crippen LogP) is 0.373. The van der Waals surface area contributed by atoms with E-state index < -0.39 is 35.5 Å². The lowest BCUT2D eigenvalue weighted by Crippen LogP contribution is -2.54. The molecular weight excluding hydrogens is 307 g/mol. The summed E-state index contributed by atoms with van der Waals surface area (Å²) in [6, 6.07) is 1.40. The van der Waals surface area contributed by atoms with Gasteiger partial charge >= 0.3 is 0 Å². The molecule has 1 atom stereocenters. The van der Waals surface area contributed by atoms with Crippen molar-refractivity contribution in [3.05, 3.63) is 34.6 Å². The minimum Gasteiger partial charge on any atom is -0.380 e. The first-order valence-electron chi connectivity index (χ1n) is 6.97. The van der Waals surface area contributed by atoms with Gasteiger partial charge in [0.1, 0.15) is 11.9 Å². The third kappa shape index (κ3) is 2.40. The molecule has 0 aromatic heterocycles. The molecule has 2 aliphatic rings. The molecule has 1 fully saturated rings. The quantitative estimate of drug-likeness (QED) is 0.813. The third-order valence-electron chi connectivity index (χ3n) is 3.86. The van der Waals surface area contributed by atoms with Gasteiger partial charge in [-0.05, 0) is 24.1 Å². The topological polar surface area (TPSA) is 92.8 Å². The minimum absolute atomic E-state index is 0.0151. The molecule has 1 saturated heterocycles. The van der Waals surface area contributed by atoms with Gasteiger partial charge in [-0.15, -0.1) is 0 Å². The smallest absolute Gasteiger partial charge is 0.265 e. The van der Waals surface area contributed by atoms with E-state index in [0.717, 1.165) is 11.0 Å². The molecule has 8 heteroatoms. The lowest BCUT2D eigenvalue weighted by Gasteiger charge is -2.27. The first-order valence-corrected chi connectivity index (χ1v) is 6.97. The van der Waals surface area contributed by atoms with Gasteiger partial charge in [0.25, 0.3) is 11.8 Å². The highest BCUT2D eigenvalue weighted by atomic mass is 19.1. The van der Waals surface area contributed by atoms with E-state index in [2.05, 4.69) is 5.32 Å². The van der Waals surface area contributed by atoms with Crippen LogP contribution in [0.4, 0.5) is 4.39 Å². The Morgan fingerprint density at radius 2 is 2.00 bits per heavy atom. The van der Waals surface area contributed by atoms with Crippen LogP contribution in [0.3, 0.4) is 0 Å². The Morgan fingerprint density at radius 1 is 1.26 bits per heavy atom. The number of imide groups is 2. The number of benzene rings is 1. The normalized spacial score (nSPS) is 20.8. The fraction of sp³-hybridized carbons (Fsp3) is 0.333. The Bertz CT molecular complexity index is 746. The van der Waals surface area contributed by atoms with Crippen LogP contribution in [0.5, 0.6) is 0 Å². The molecule has 120 valence electrons. The number of ether oxygens (including phenoxy) is 1. The summed E-state index contributed by atoms with van der Waals surface area (Å²) in [5.41, 5.74) is -0.0265. The Morgan fingerprint density at radius 3 is 2.65 bits per heavy atom. The summed E-state index contributed by atoms with van der Waals surface area (Å²) < 4.78 is 19.1. The van der Waals surface area contributed by atoms with Crippen LogP contribution in [-0.4, -0.2) is 41.7 Å². The minimum atomic E-state index is -1.11. The van der Waals surface area contributed by atoms with Gasteiger partial charge in [-0.3, -0.25) is 29.4 Å². The fourth-order valence-corrected chi connectivity index (χ4v) is 2.85. The van der Waals surface area contributed by atoms with Gasteiger partial charge in [0.2, 0.25) is 11.8 Å². The number of hydrogen-bond donors (Lipinski definition) is 1. The summed E-state index contributed by atoms with van der Waals surface area (Å²) >= 11 is 0. The number of carbonyl (C=O) groups is 4. The summed E-state index contributed by atoms with van der Waals surface area (Å²) in [5, 5.41) is 2.08. The summed E-state index contributed by atoms with van der Waals surface area (Å²) in [5.74, 6) is -3.62. The molecule has 1 aromatic rings. The zero-order valence-electron chi connectivity index (χ0n) is 12.2. The van der Waals surface area contributed by atoms with Crippen molar-refractivity contribution in [3.8, 4) is 0 Å². The Kier molecular flexibility index (Phi) is 3.69. The van der Waals surface area contributed by atoms with E-state index in [0.29, 0.717) is 5.56 Å². The third-order valence-corrected chi connectivity index (χ3v) is 3.86. The van der Waals surface area contributed by atoms with Crippen molar-refractivity contribution in [1.82, 2.24) is 10.2 Å². The largest absolute Gasteiger partial charge is 0.380 e. The molecule has 7 nitrogen and oxygen atoms in total. The average Bonchev–Trinajstić information content (AvgIpc) is 2.72. The second-order valence-electron chi connectivity index (χ2n) is 5.38. The zero-order valence-corrected chi connectivity index (χ0v) is 12.2. The maximum atomic E-state index is 14.2. The van der Waals surface area contributed by atoms with Gasteiger partial charge in [-0.25, -0.2) is 4.39 Å². The van der Waals surface area contributed by atoms with E-state index >= 15 is 0 Å². The molecule has 3 rings (SSSR count). The highest BCUT2D eigenvalue weighted by molar-refractivity contribution is 6.23. The van der Waals surface area contributed by atoms with Crippen LogP contribution in [0.15, 0.2) is 12.1 Å². The number of halogens is 1. The fourth-order valence-electron chi connectivity index (χ4n) is 2.85. The molecular formula is C15H13FN2O5. The maximum absolute atomic E-state index is 14.2. The van der Waals surface area contributed by atoms with Crippen LogP contribution in [0, 0.1) is 5.82 Å². The van der Waals surface area contributed by atoms with Crippen molar-refractivity contribution in [2.75, 3.05) is 7.11 Å². The van der Waals surface area contributed by atoms with E-state index in [9.17, 15) is 23.6 Å². The van der Waals surface area contributed by atoms with E-state index in [1.165, 1.54) is 13.2 Å². The van der Waals surface area contributed by atoms with Gasteiger partial charge in [-0.2, -0.15) is 0 Å². The summed E-state index contributed by atoms with van der Waals surface area (Å²) in [4.78, 5) is 48.7. The van der Waals surface area contributed by atoms with Crippen molar-refractivity contribution < 1.29 is 28.3 Å². The van der Waals surface area contributed by atoms with Crippen LogP contribution in [0.2, 0.25) is 0 Å². The van der Waals surface area contributed by atoms with Crippen molar-refractivity contribution in [2.45, 2.75) is 25.5 Å². The molecule has 1 aromatic carbocycles. The van der Waals surface area contributed by atoms with Crippen LogP contribution in [0.1, 0.15) is 39.1 Å². The monoisotopic (exact) mass is 320 g/mol. The van der Waals surface area contributed by atoms with Crippen molar-refractivity contribution in [3.63, 3.8) is 0 Å². The van der Waals surface area contributed by atoms with Crippen molar-refractivity contribution in [1.29, 1.82) is 0 Å².